The monoisotopic (exact) mass is 432 g/mol. The number of hydrogen-bond acceptors (Lipinski definition) is 3. The molecule has 0 spiro atoms. The Morgan fingerprint density at radius 1 is 0.963 bits per heavy atom. The van der Waals surface area contributed by atoms with Crippen molar-refractivity contribution in [2.45, 2.75) is 44.3 Å². The van der Waals surface area contributed by atoms with Gasteiger partial charge in [-0.05, 0) is 37.8 Å². The van der Waals surface area contributed by atoms with Gasteiger partial charge in [0, 0.05) is 47.7 Å². The second-order valence-corrected chi connectivity index (χ2v) is 10.2. The van der Waals surface area contributed by atoms with Crippen molar-refractivity contribution in [2.75, 3.05) is 26.2 Å². The van der Waals surface area contributed by atoms with Crippen LogP contribution in [0, 0.1) is 5.92 Å². The van der Waals surface area contributed by atoms with E-state index in [9.17, 15) is 13.2 Å². The molecule has 0 atom stereocenters. The number of benzene rings is 1. The van der Waals surface area contributed by atoms with Crippen LogP contribution in [0.4, 0.5) is 0 Å². The first-order valence-corrected chi connectivity index (χ1v) is 11.9. The third-order valence-corrected chi connectivity index (χ3v) is 8.02. The SMILES string of the molecule is O=C(C1CCN(S(=O)(=O)Cc2c(Cl)cccc2Cl)CC1)N1CCCCCC1. The Bertz CT molecular complexity index is 749. The van der Waals surface area contributed by atoms with Crippen LogP contribution in [0.5, 0.6) is 0 Å². The van der Waals surface area contributed by atoms with Crippen molar-refractivity contribution in [1.29, 1.82) is 0 Å². The fraction of sp³-hybridized carbons (Fsp3) is 0.632. The zero-order valence-electron chi connectivity index (χ0n) is 15.4. The lowest BCUT2D eigenvalue weighted by molar-refractivity contribution is -0.136. The molecule has 1 aromatic carbocycles. The Balaban J connectivity index is 1.60. The topological polar surface area (TPSA) is 57.7 Å². The Morgan fingerprint density at radius 3 is 2.07 bits per heavy atom. The summed E-state index contributed by atoms with van der Waals surface area (Å²) in [5.74, 6) is -0.0856. The molecule has 1 amide bonds. The van der Waals surface area contributed by atoms with Crippen LogP contribution in [0.2, 0.25) is 10.0 Å². The van der Waals surface area contributed by atoms with Gasteiger partial charge in [0.15, 0.2) is 0 Å². The predicted molar refractivity (Wildman–Crippen MR) is 108 cm³/mol. The summed E-state index contributed by atoms with van der Waals surface area (Å²) in [6, 6.07) is 4.98. The molecule has 2 heterocycles. The normalized spacial score (nSPS) is 20.4. The van der Waals surface area contributed by atoms with Crippen molar-refractivity contribution in [1.82, 2.24) is 9.21 Å². The number of carbonyl (C=O) groups is 1. The number of halogens is 2. The molecule has 2 fully saturated rings. The second kappa shape index (κ2) is 9.12. The highest BCUT2D eigenvalue weighted by Crippen LogP contribution is 2.29. The molecule has 0 N–H and O–H groups in total. The van der Waals surface area contributed by atoms with Gasteiger partial charge in [-0.3, -0.25) is 4.79 Å². The van der Waals surface area contributed by atoms with Crippen LogP contribution in [0.1, 0.15) is 44.1 Å². The fourth-order valence-electron chi connectivity index (χ4n) is 3.87. The molecule has 0 saturated carbocycles. The van der Waals surface area contributed by atoms with Crippen molar-refractivity contribution in [3.63, 3.8) is 0 Å². The van der Waals surface area contributed by atoms with Gasteiger partial charge >= 0.3 is 0 Å². The van der Waals surface area contributed by atoms with E-state index in [-0.39, 0.29) is 17.6 Å². The number of amides is 1. The summed E-state index contributed by atoms with van der Waals surface area (Å²) in [7, 11) is -3.52. The number of carbonyl (C=O) groups excluding carboxylic acids is 1. The van der Waals surface area contributed by atoms with E-state index in [0.717, 1.165) is 25.9 Å². The maximum Gasteiger partial charge on any atom is 0.225 e. The van der Waals surface area contributed by atoms with E-state index < -0.39 is 10.0 Å². The molecule has 27 heavy (non-hydrogen) atoms. The van der Waals surface area contributed by atoms with Crippen LogP contribution in [0.25, 0.3) is 0 Å². The van der Waals surface area contributed by atoms with Gasteiger partial charge in [-0.25, -0.2) is 12.7 Å². The highest BCUT2D eigenvalue weighted by molar-refractivity contribution is 7.88. The maximum absolute atomic E-state index is 12.8. The van der Waals surface area contributed by atoms with Crippen molar-refractivity contribution >= 4 is 39.1 Å². The first kappa shape index (κ1) is 20.9. The summed E-state index contributed by atoms with van der Waals surface area (Å²) in [5.41, 5.74) is 0.434. The van der Waals surface area contributed by atoms with Crippen molar-refractivity contribution in [2.24, 2.45) is 5.92 Å². The number of piperidine rings is 1. The van der Waals surface area contributed by atoms with Gasteiger partial charge in [-0.15, -0.1) is 0 Å². The van der Waals surface area contributed by atoms with Crippen molar-refractivity contribution in [3.05, 3.63) is 33.8 Å². The van der Waals surface area contributed by atoms with Crippen LogP contribution >= 0.6 is 23.2 Å². The summed E-state index contributed by atoms with van der Waals surface area (Å²) >= 11 is 12.2. The lowest BCUT2D eigenvalue weighted by Gasteiger charge is -2.33. The first-order valence-electron chi connectivity index (χ1n) is 9.58. The standard InChI is InChI=1S/C19H26Cl2N2O3S/c20-17-6-5-7-18(21)16(17)14-27(25,26)23-12-8-15(9-13-23)19(24)22-10-3-1-2-4-11-22/h5-7,15H,1-4,8-14H2. The molecule has 8 heteroatoms. The molecule has 0 aliphatic carbocycles. The molecular formula is C19H26Cl2N2O3S. The maximum atomic E-state index is 12.8. The minimum atomic E-state index is -3.52. The van der Waals surface area contributed by atoms with Gasteiger partial charge in [-0.1, -0.05) is 42.1 Å². The molecule has 3 rings (SSSR count). The highest BCUT2D eigenvalue weighted by Gasteiger charge is 2.33. The third kappa shape index (κ3) is 5.17. The average molecular weight is 433 g/mol. The fourth-order valence-corrected chi connectivity index (χ4v) is 6.19. The van der Waals surface area contributed by atoms with E-state index in [2.05, 4.69) is 0 Å². The molecule has 0 radical (unpaired) electrons. The van der Waals surface area contributed by atoms with Gasteiger partial charge in [-0.2, -0.15) is 0 Å². The zero-order chi connectivity index (χ0) is 19.4. The largest absolute Gasteiger partial charge is 0.342 e. The minimum Gasteiger partial charge on any atom is -0.342 e. The number of rotatable bonds is 4. The van der Waals surface area contributed by atoms with Gasteiger partial charge in [0.1, 0.15) is 0 Å². The third-order valence-electron chi connectivity index (χ3n) is 5.50. The number of likely N-dealkylation sites (tertiary alicyclic amines) is 1. The summed E-state index contributed by atoms with van der Waals surface area (Å²) in [6.07, 6.45) is 5.65. The van der Waals surface area contributed by atoms with Crippen molar-refractivity contribution < 1.29 is 13.2 Å². The van der Waals surface area contributed by atoms with E-state index >= 15 is 0 Å². The first-order chi connectivity index (χ1) is 12.9. The predicted octanol–water partition coefficient (Wildman–Crippen LogP) is 3.94. The Kier molecular flexibility index (Phi) is 7.06. The molecule has 150 valence electrons. The molecule has 5 nitrogen and oxygen atoms in total. The summed E-state index contributed by atoms with van der Waals surface area (Å²) < 4.78 is 27.1. The van der Waals surface area contributed by atoms with Gasteiger partial charge in [0.05, 0.1) is 5.75 Å². The lowest BCUT2D eigenvalue weighted by Crippen LogP contribution is -2.45. The van der Waals surface area contributed by atoms with Gasteiger partial charge in [0.25, 0.3) is 0 Å². The highest BCUT2D eigenvalue weighted by atomic mass is 35.5. The Morgan fingerprint density at radius 2 is 1.52 bits per heavy atom. The van der Waals surface area contributed by atoms with Crippen molar-refractivity contribution in [3.8, 4) is 0 Å². The van der Waals surface area contributed by atoms with Gasteiger partial charge < -0.3 is 4.90 Å². The quantitative estimate of drug-likeness (QED) is 0.723. The van der Waals surface area contributed by atoms with Gasteiger partial charge in [0.2, 0.25) is 15.9 Å². The molecule has 0 unspecified atom stereocenters. The van der Waals surface area contributed by atoms with E-state index in [1.54, 1.807) is 18.2 Å². The molecule has 2 aliphatic heterocycles. The van der Waals surface area contributed by atoms with E-state index in [4.69, 9.17) is 23.2 Å². The smallest absolute Gasteiger partial charge is 0.225 e. The van der Waals surface area contributed by atoms with Crippen LogP contribution in [-0.4, -0.2) is 49.7 Å². The number of sulfonamides is 1. The van der Waals surface area contributed by atoms with Crippen LogP contribution in [0.15, 0.2) is 18.2 Å². The van der Waals surface area contributed by atoms with E-state index in [1.807, 2.05) is 4.90 Å². The summed E-state index contributed by atoms with van der Waals surface area (Å²) in [6.45, 7) is 2.41. The summed E-state index contributed by atoms with van der Waals surface area (Å²) in [4.78, 5) is 14.7. The van der Waals surface area contributed by atoms with Crippen LogP contribution in [-0.2, 0) is 20.6 Å². The second-order valence-electron chi connectivity index (χ2n) is 7.37. The molecule has 2 saturated heterocycles. The Hall–Kier alpha value is -0.820. The minimum absolute atomic E-state index is 0.0709. The summed E-state index contributed by atoms with van der Waals surface area (Å²) in [5, 5.41) is 0.717. The average Bonchev–Trinajstić information content (AvgIpc) is 2.94. The number of hydrogen-bond donors (Lipinski definition) is 0. The van der Waals surface area contributed by atoms with E-state index in [0.29, 0.717) is 41.5 Å². The molecule has 2 aliphatic rings. The number of nitrogens with zero attached hydrogens (tertiary/aromatic N) is 2. The van der Waals surface area contributed by atoms with Crippen LogP contribution < -0.4 is 0 Å². The Labute approximate surface area is 171 Å². The molecule has 0 bridgehead atoms. The molecule has 0 aromatic heterocycles. The van der Waals surface area contributed by atoms with E-state index in [1.165, 1.54) is 17.1 Å². The zero-order valence-corrected chi connectivity index (χ0v) is 17.7. The molecule has 1 aromatic rings. The molecular weight excluding hydrogens is 407 g/mol. The lowest BCUT2D eigenvalue weighted by atomic mass is 9.96. The van der Waals surface area contributed by atoms with Crippen LogP contribution in [0.3, 0.4) is 0 Å².